The van der Waals surface area contributed by atoms with E-state index in [9.17, 15) is 13.2 Å². The highest BCUT2D eigenvalue weighted by Gasteiger charge is 2.16. The number of nitrogens with zero attached hydrogens (tertiary/aromatic N) is 1. The minimum Gasteiger partial charge on any atom is -0.467 e. The molecule has 0 saturated heterocycles. The SMILES string of the molecule is CN(Cc1ccco1)C(=O)CCNS(=O)(=O)c1cccc(Cl)c1. The van der Waals surface area contributed by atoms with Crippen molar-refractivity contribution in [2.45, 2.75) is 17.9 Å². The topological polar surface area (TPSA) is 79.6 Å². The summed E-state index contributed by atoms with van der Waals surface area (Å²) in [5, 5.41) is 0.335. The minimum absolute atomic E-state index is 0.0101. The Hall–Kier alpha value is -1.83. The van der Waals surface area contributed by atoms with E-state index in [0.29, 0.717) is 17.3 Å². The summed E-state index contributed by atoms with van der Waals surface area (Å²) in [5.74, 6) is 0.482. The maximum Gasteiger partial charge on any atom is 0.240 e. The van der Waals surface area contributed by atoms with Crippen molar-refractivity contribution in [3.63, 3.8) is 0 Å². The van der Waals surface area contributed by atoms with Gasteiger partial charge in [-0.25, -0.2) is 13.1 Å². The maximum atomic E-state index is 12.1. The number of furan rings is 1. The van der Waals surface area contributed by atoms with Crippen LogP contribution in [-0.2, 0) is 21.4 Å². The van der Waals surface area contributed by atoms with E-state index >= 15 is 0 Å². The van der Waals surface area contributed by atoms with Crippen LogP contribution in [0.25, 0.3) is 0 Å². The summed E-state index contributed by atoms with van der Waals surface area (Å²) >= 11 is 5.78. The molecule has 2 rings (SSSR count). The zero-order valence-electron chi connectivity index (χ0n) is 12.5. The Morgan fingerprint density at radius 3 is 2.74 bits per heavy atom. The molecule has 6 nitrogen and oxygen atoms in total. The van der Waals surface area contributed by atoms with E-state index in [2.05, 4.69) is 4.72 Å². The Bertz CT molecular complexity index is 760. The van der Waals surface area contributed by atoms with Crippen LogP contribution in [0, 0.1) is 0 Å². The van der Waals surface area contributed by atoms with Gasteiger partial charge in [-0.15, -0.1) is 0 Å². The van der Waals surface area contributed by atoms with Crippen molar-refractivity contribution < 1.29 is 17.6 Å². The lowest BCUT2D eigenvalue weighted by atomic mass is 10.3. The quantitative estimate of drug-likeness (QED) is 0.825. The van der Waals surface area contributed by atoms with Crippen molar-refractivity contribution in [2.24, 2.45) is 0 Å². The molecular formula is C15H17ClN2O4S. The molecule has 2 aromatic rings. The molecule has 0 aliphatic carbocycles. The summed E-state index contributed by atoms with van der Waals surface area (Å²) in [6.45, 7) is 0.350. The molecule has 0 aliphatic rings. The van der Waals surface area contributed by atoms with Crippen LogP contribution < -0.4 is 4.72 Å². The summed E-state index contributed by atoms with van der Waals surface area (Å²) in [6.07, 6.45) is 1.59. The van der Waals surface area contributed by atoms with Crippen LogP contribution in [0.3, 0.4) is 0 Å². The highest BCUT2D eigenvalue weighted by molar-refractivity contribution is 7.89. The van der Waals surface area contributed by atoms with E-state index in [4.69, 9.17) is 16.0 Å². The van der Waals surface area contributed by atoms with E-state index in [1.165, 1.54) is 23.3 Å². The molecule has 0 saturated carbocycles. The predicted molar refractivity (Wildman–Crippen MR) is 86.4 cm³/mol. The second kappa shape index (κ2) is 7.63. The van der Waals surface area contributed by atoms with Gasteiger partial charge in [0, 0.05) is 25.0 Å². The lowest BCUT2D eigenvalue weighted by Crippen LogP contribution is -2.31. The van der Waals surface area contributed by atoms with E-state index in [1.807, 2.05) is 0 Å². The number of rotatable bonds is 7. The monoisotopic (exact) mass is 356 g/mol. The Kier molecular flexibility index (Phi) is 5.81. The van der Waals surface area contributed by atoms with Crippen LogP contribution in [0.15, 0.2) is 52.0 Å². The standard InChI is InChI=1S/C15H17ClN2O4S/c1-18(11-13-5-3-9-22-13)15(19)7-8-17-23(20,21)14-6-2-4-12(16)10-14/h2-6,9-10,17H,7-8,11H2,1H3. The second-order valence-electron chi connectivity index (χ2n) is 4.93. The Labute approximate surface area is 140 Å². The molecule has 0 aliphatic heterocycles. The smallest absolute Gasteiger partial charge is 0.240 e. The van der Waals surface area contributed by atoms with Gasteiger partial charge in [-0.1, -0.05) is 17.7 Å². The first-order valence-electron chi connectivity index (χ1n) is 6.90. The first kappa shape index (κ1) is 17.5. The molecular weight excluding hydrogens is 340 g/mol. The van der Waals surface area contributed by atoms with Gasteiger partial charge < -0.3 is 9.32 Å². The van der Waals surface area contributed by atoms with Gasteiger partial charge in [0.1, 0.15) is 5.76 Å². The molecule has 1 N–H and O–H groups in total. The van der Waals surface area contributed by atoms with Crippen molar-refractivity contribution in [3.05, 3.63) is 53.4 Å². The highest BCUT2D eigenvalue weighted by atomic mass is 35.5. The lowest BCUT2D eigenvalue weighted by Gasteiger charge is -2.16. The maximum absolute atomic E-state index is 12.1. The van der Waals surface area contributed by atoms with Crippen molar-refractivity contribution in [1.82, 2.24) is 9.62 Å². The molecule has 124 valence electrons. The molecule has 1 amide bonds. The largest absolute Gasteiger partial charge is 0.467 e. The molecule has 0 spiro atoms. The van der Waals surface area contributed by atoms with Crippen LogP contribution in [0.2, 0.25) is 5.02 Å². The third-order valence-corrected chi connectivity index (χ3v) is 4.83. The zero-order valence-corrected chi connectivity index (χ0v) is 14.1. The van der Waals surface area contributed by atoms with Crippen LogP contribution in [0.1, 0.15) is 12.2 Å². The number of halogens is 1. The van der Waals surface area contributed by atoms with E-state index in [-0.39, 0.29) is 23.8 Å². The molecule has 1 heterocycles. The third-order valence-electron chi connectivity index (χ3n) is 3.14. The summed E-state index contributed by atoms with van der Waals surface area (Å²) < 4.78 is 31.7. The van der Waals surface area contributed by atoms with Crippen LogP contribution >= 0.6 is 11.6 Å². The molecule has 0 unspecified atom stereocenters. The fourth-order valence-electron chi connectivity index (χ4n) is 1.93. The van der Waals surface area contributed by atoms with Crippen molar-refractivity contribution in [2.75, 3.05) is 13.6 Å². The molecule has 1 aromatic carbocycles. The molecule has 8 heteroatoms. The Balaban J connectivity index is 1.85. The van der Waals surface area contributed by atoms with Crippen LogP contribution in [0.5, 0.6) is 0 Å². The summed E-state index contributed by atoms with van der Waals surface area (Å²) in [4.78, 5) is 13.5. The number of benzene rings is 1. The number of sulfonamides is 1. The summed E-state index contributed by atoms with van der Waals surface area (Å²) in [6, 6.07) is 9.46. The molecule has 0 fully saturated rings. The fraction of sp³-hybridized carbons (Fsp3) is 0.267. The summed E-state index contributed by atoms with van der Waals surface area (Å²) in [7, 11) is -2.04. The molecule has 0 radical (unpaired) electrons. The average molecular weight is 357 g/mol. The molecule has 1 aromatic heterocycles. The van der Waals surface area contributed by atoms with Gasteiger partial charge in [0.2, 0.25) is 15.9 Å². The van der Waals surface area contributed by atoms with Crippen LogP contribution in [-0.4, -0.2) is 32.8 Å². The number of amides is 1. The third kappa shape index (κ3) is 5.09. The van der Waals surface area contributed by atoms with E-state index in [1.54, 1.807) is 31.3 Å². The number of nitrogens with one attached hydrogen (secondary N) is 1. The lowest BCUT2D eigenvalue weighted by molar-refractivity contribution is -0.130. The van der Waals surface area contributed by atoms with Gasteiger partial charge in [0.05, 0.1) is 17.7 Å². The number of hydrogen-bond acceptors (Lipinski definition) is 4. The minimum atomic E-state index is -3.68. The average Bonchev–Trinajstić information content (AvgIpc) is 3.00. The number of carbonyl (C=O) groups is 1. The second-order valence-corrected chi connectivity index (χ2v) is 7.14. The van der Waals surface area contributed by atoms with E-state index < -0.39 is 10.0 Å². The molecule has 23 heavy (non-hydrogen) atoms. The van der Waals surface area contributed by atoms with Crippen LogP contribution in [0.4, 0.5) is 0 Å². The van der Waals surface area contributed by atoms with Crippen molar-refractivity contribution >= 4 is 27.5 Å². The van der Waals surface area contributed by atoms with E-state index in [0.717, 1.165) is 0 Å². The van der Waals surface area contributed by atoms with Gasteiger partial charge in [0.25, 0.3) is 0 Å². The summed E-state index contributed by atoms with van der Waals surface area (Å²) in [5.41, 5.74) is 0. The number of carbonyl (C=O) groups excluding carboxylic acids is 1. The molecule has 0 atom stereocenters. The molecule has 0 bridgehead atoms. The van der Waals surface area contributed by atoms with Crippen molar-refractivity contribution in [1.29, 1.82) is 0 Å². The fourth-order valence-corrected chi connectivity index (χ4v) is 3.26. The van der Waals surface area contributed by atoms with Crippen molar-refractivity contribution in [3.8, 4) is 0 Å². The van der Waals surface area contributed by atoms with Gasteiger partial charge >= 0.3 is 0 Å². The zero-order chi connectivity index (χ0) is 16.9. The van der Waals surface area contributed by atoms with Gasteiger partial charge in [0.15, 0.2) is 0 Å². The predicted octanol–water partition coefficient (Wildman–Crippen LogP) is 2.26. The Morgan fingerprint density at radius 1 is 1.30 bits per heavy atom. The highest BCUT2D eigenvalue weighted by Crippen LogP contribution is 2.15. The number of hydrogen-bond donors (Lipinski definition) is 1. The van der Waals surface area contributed by atoms with Gasteiger partial charge in [-0.2, -0.15) is 0 Å². The normalized spacial score (nSPS) is 11.4. The van der Waals surface area contributed by atoms with Gasteiger partial charge in [-0.05, 0) is 30.3 Å². The Morgan fingerprint density at radius 2 is 2.09 bits per heavy atom. The first-order chi connectivity index (χ1) is 10.9. The van der Waals surface area contributed by atoms with Gasteiger partial charge in [-0.3, -0.25) is 4.79 Å². The first-order valence-corrected chi connectivity index (χ1v) is 8.76.